The molecular weight excluding hydrogens is 288 g/mol. The van der Waals surface area contributed by atoms with Gasteiger partial charge in [-0.25, -0.2) is 0 Å². The standard InChI is InChI=1S/C16H22N2O2.ClH/c19-15(11-13-7-4-9-17-13)18-14-8-10-20-16(14)12-5-2-1-3-6-12;/h1-3,5-6,13-14,16-17H,4,7-11H2,(H,18,19);1H. The lowest BCUT2D eigenvalue weighted by molar-refractivity contribution is -0.122. The molecule has 2 saturated heterocycles. The highest BCUT2D eigenvalue weighted by Crippen LogP contribution is 2.29. The summed E-state index contributed by atoms with van der Waals surface area (Å²) in [6, 6.07) is 10.6. The molecule has 2 fully saturated rings. The van der Waals surface area contributed by atoms with Crippen molar-refractivity contribution in [3.8, 4) is 0 Å². The number of carbonyl (C=O) groups is 1. The maximum Gasteiger partial charge on any atom is 0.221 e. The van der Waals surface area contributed by atoms with Gasteiger partial charge in [0.25, 0.3) is 0 Å². The summed E-state index contributed by atoms with van der Waals surface area (Å²) in [5.74, 6) is 0.140. The first-order chi connectivity index (χ1) is 9.83. The summed E-state index contributed by atoms with van der Waals surface area (Å²) in [7, 11) is 0. The number of nitrogens with one attached hydrogen (secondary N) is 2. The maximum absolute atomic E-state index is 12.1. The lowest BCUT2D eigenvalue weighted by Gasteiger charge is -2.21. The Balaban J connectivity index is 0.00000161. The normalized spacial score (nSPS) is 28.1. The number of ether oxygens (including phenoxy) is 1. The van der Waals surface area contributed by atoms with E-state index in [4.69, 9.17) is 4.74 Å². The molecule has 0 aliphatic carbocycles. The second kappa shape index (κ2) is 7.78. The highest BCUT2D eigenvalue weighted by molar-refractivity contribution is 5.85. The van der Waals surface area contributed by atoms with Crippen molar-refractivity contribution < 1.29 is 9.53 Å². The third kappa shape index (κ3) is 4.19. The summed E-state index contributed by atoms with van der Waals surface area (Å²) in [6.07, 6.45) is 3.76. The van der Waals surface area contributed by atoms with E-state index in [0.29, 0.717) is 19.1 Å². The maximum atomic E-state index is 12.1. The summed E-state index contributed by atoms with van der Waals surface area (Å²) < 4.78 is 5.79. The van der Waals surface area contributed by atoms with Gasteiger partial charge in [-0.3, -0.25) is 4.79 Å². The Bertz CT molecular complexity index is 449. The summed E-state index contributed by atoms with van der Waals surface area (Å²) in [6.45, 7) is 1.75. The minimum atomic E-state index is -0.00307. The third-order valence-electron chi connectivity index (χ3n) is 4.16. The van der Waals surface area contributed by atoms with Crippen molar-refractivity contribution in [3.05, 3.63) is 35.9 Å². The summed E-state index contributed by atoms with van der Waals surface area (Å²) in [5.41, 5.74) is 1.15. The Morgan fingerprint density at radius 1 is 1.29 bits per heavy atom. The van der Waals surface area contributed by atoms with Gasteiger partial charge < -0.3 is 15.4 Å². The molecule has 3 rings (SSSR count). The third-order valence-corrected chi connectivity index (χ3v) is 4.16. The molecule has 0 aromatic heterocycles. The first-order valence-electron chi connectivity index (χ1n) is 7.52. The van der Waals surface area contributed by atoms with E-state index in [1.165, 1.54) is 6.42 Å². The zero-order valence-electron chi connectivity index (χ0n) is 12.1. The van der Waals surface area contributed by atoms with E-state index in [1.54, 1.807) is 0 Å². The predicted molar refractivity (Wildman–Crippen MR) is 84.6 cm³/mol. The van der Waals surface area contributed by atoms with E-state index in [1.807, 2.05) is 18.2 Å². The van der Waals surface area contributed by atoms with Crippen LogP contribution in [0.15, 0.2) is 30.3 Å². The van der Waals surface area contributed by atoms with E-state index in [-0.39, 0.29) is 30.5 Å². The number of benzene rings is 1. The van der Waals surface area contributed by atoms with Crippen LogP contribution in [0.4, 0.5) is 0 Å². The van der Waals surface area contributed by atoms with Crippen molar-refractivity contribution in [3.63, 3.8) is 0 Å². The van der Waals surface area contributed by atoms with Gasteiger partial charge in [-0.15, -0.1) is 12.4 Å². The van der Waals surface area contributed by atoms with Crippen LogP contribution in [0.5, 0.6) is 0 Å². The molecule has 3 unspecified atom stereocenters. The van der Waals surface area contributed by atoms with Gasteiger partial charge in [0.15, 0.2) is 0 Å². The van der Waals surface area contributed by atoms with Gasteiger partial charge in [0.1, 0.15) is 6.10 Å². The molecule has 116 valence electrons. The molecule has 0 spiro atoms. The molecule has 2 aliphatic rings. The second-order valence-electron chi connectivity index (χ2n) is 5.66. The number of hydrogen-bond acceptors (Lipinski definition) is 3. The van der Waals surface area contributed by atoms with Crippen LogP contribution >= 0.6 is 12.4 Å². The van der Waals surface area contributed by atoms with Gasteiger partial charge in [0.05, 0.1) is 6.04 Å². The van der Waals surface area contributed by atoms with Crippen molar-refractivity contribution in [1.82, 2.24) is 10.6 Å². The zero-order valence-corrected chi connectivity index (χ0v) is 12.9. The highest BCUT2D eigenvalue weighted by Gasteiger charge is 2.31. The Morgan fingerprint density at radius 3 is 2.81 bits per heavy atom. The van der Waals surface area contributed by atoms with E-state index in [9.17, 15) is 4.79 Å². The minimum absolute atomic E-state index is 0. The number of hydrogen-bond donors (Lipinski definition) is 2. The Hall–Kier alpha value is -1.10. The molecule has 3 atom stereocenters. The molecule has 0 saturated carbocycles. The topological polar surface area (TPSA) is 50.4 Å². The highest BCUT2D eigenvalue weighted by atomic mass is 35.5. The fourth-order valence-electron chi connectivity index (χ4n) is 3.13. The molecule has 1 aromatic carbocycles. The van der Waals surface area contributed by atoms with Crippen LogP contribution in [-0.2, 0) is 9.53 Å². The van der Waals surface area contributed by atoms with Gasteiger partial charge in [0.2, 0.25) is 5.91 Å². The molecule has 0 radical (unpaired) electrons. The minimum Gasteiger partial charge on any atom is -0.371 e. The fraction of sp³-hybridized carbons (Fsp3) is 0.562. The monoisotopic (exact) mass is 310 g/mol. The average molecular weight is 311 g/mol. The molecule has 2 aliphatic heterocycles. The van der Waals surface area contributed by atoms with E-state index in [0.717, 1.165) is 24.9 Å². The van der Waals surface area contributed by atoms with E-state index < -0.39 is 0 Å². The largest absolute Gasteiger partial charge is 0.371 e. The van der Waals surface area contributed by atoms with Gasteiger partial charge in [-0.2, -0.15) is 0 Å². The van der Waals surface area contributed by atoms with Crippen molar-refractivity contribution in [1.29, 1.82) is 0 Å². The number of halogens is 1. The smallest absolute Gasteiger partial charge is 0.221 e. The summed E-state index contributed by atoms with van der Waals surface area (Å²) >= 11 is 0. The Labute approximate surface area is 132 Å². The molecule has 4 nitrogen and oxygen atoms in total. The van der Waals surface area contributed by atoms with Gasteiger partial charge in [-0.05, 0) is 31.4 Å². The van der Waals surface area contributed by atoms with Crippen LogP contribution < -0.4 is 10.6 Å². The molecule has 21 heavy (non-hydrogen) atoms. The van der Waals surface area contributed by atoms with Crippen molar-refractivity contribution in [2.75, 3.05) is 13.2 Å². The van der Waals surface area contributed by atoms with Gasteiger partial charge in [-0.1, -0.05) is 30.3 Å². The quantitative estimate of drug-likeness (QED) is 0.896. The van der Waals surface area contributed by atoms with E-state index >= 15 is 0 Å². The van der Waals surface area contributed by atoms with Gasteiger partial charge in [0, 0.05) is 19.1 Å². The summed E-state index contributed by atoms with van der Waals surface area (Å²) in [5, 5.41) is 6.51. The molecule has 5 heteroatoms. The van der Waals surface area contributed by atoms with Crippen LogP contribution in [0.2, 0.25) is 0 Å². The molecular formula is C16H23ClN2O2. The van der Waals surface area contributed by atoms with Crippen LogP contribution in [0.1, 0.15) is 37.4 Å². The SMILES string of the molecule is Cl.O=C(CC1CCCN1)NC1CCOC1c1ccccc1. The van der Waals surface area contributed by atoms with Crippen LogP contribution in [0, 0.1) is 0 Å². The molecule has 1 amide bonds. The van der Waals surface area contributed by atoms with Gasteiger partial charge >= 0.3 is 0 Å². The zero-order chi connectivity index (χ0) is 13.8. The Kier molecular flexibility index (Phi) is 6.03. The molecule has 2 heterocycles. The number of rotatable bonds is 4. The summed E-state index contributed by atoms with van der Waals surface area (Å²) in [4.78, 5) is 12.1. The fourth-order valence-corrected chi connectivity index (χ4v) is 3.13. The van der Waals surface area contributed by atoms with Crippen molar-refractivity contribution >= 4 is 18.3 Å². The van der Waals surface area contributed by atoms with Crippen LogP contribution in [0.3, 0.4) is 0 Å². The number of amides is 1. The number of carbonyl (C=O) groups excluding carboxylic acids is 1. The first kappa shape index (κ1) is 16.3. The average Bonchev–Trinajstić information content (AvgIpc) is 3.11. The lowest BCUT2D eigenvalue weighted by atomic mass is 10.0. The second-order valence-corrected chi connectivity index (χ2v) is 5.66. The lowest BCUT2D eigenvalue weighted by Crippen LogP contribution is -2.39. The molecule has 1 aromatic rings. The van der Waals surface area contributed by atoms with Crippen LogP contribution in [-0.4, -0.2) is 31.1 Å². The van der Waals surface area contributed by atoms with E-state index in [2.05, 4.69) is 22.8 Å². The van der Waals surface area contributed by atoms with Crippen molar-refractivity contribution in [2.45, 2.75) is 43.9 Å². The molecule has 2 N–H and O–H groups in total. The van der Waals surface area contributed by atoms with Crippen molar-refractivity contribution in [2.24, 2.45) is 0 Å². The Morgan fingerprint density at radius 2 is 2.10 bits per heavy atom. The first-order valence-corrected chi connectivity index (χ1v) is 7.52. The molecule has 0 bridgehead atoms. The van der Waals surface area contributed by atoms with Crippen LogP contribution in [0.25, 0.3) is 0 Å². The predicted octanol–water partition coefficient (Wildman–Crippen LogP) is 2.20.